The number of carbonyl (C=O) groups is 1. The molecule has 4 heteroatoms. The number of hydrogen-bond donors (Lipinski definition) is 2. The van der Waals surface area contributed by atoms with Crippen LogP contribution in [0.5, 0.6) is 0 Å². The summed E-state index contributed by atoms with van der Waals surface area (Å²) >= 11 is 0. The van der Waals surface area contributed by atoms with Crippen LogP contribution in [0.2, 0.25) is 0 Å². The summed E-state index contributed by atoms with van der Waals surface area (Å²) in [4.78, 5) is 12.9. The molecule has 0 heterocycles. The van der Waals surface area contributed by atoms with Gasteiger partial charge in [-0.05, 0) is 25.7 Å². The fourth-order valence-electron chi connectivity index (χ4n) is 5.74. The molecule has 0 radical (unpaired) electrons. The number of aliphatic hydroxyl groups is 2. The van der Waals surface area contributed by atoms with Crippen LogP contribution in [0.3, 0.4) is 0 Å². The molecule has 0 bridgehead atoms. The Labute approximate surface area is 250 Å². The SMILES string of the molecule is CCCCCCCCCCCCCCCCC(C(=O)OCCCCCCCC)C(O)CCCCCCCCCO. The smallest absolute Gasteiger partial charge is 0.311 e. The van der Waals surface area contributed by atoms with E-state index in [1.165, 1.54) is 122 Å². The van der Waals surface area contributed by atoms with Crippen LogP contribution in [0.25, 0.3) is 0 Å². The summed E-state index contributed by atoms with van der Waals surface area (Å²) in [6.45, 7) is 5.30. The minimum Gasteiger partial charge on any atom is -0.465 e. The molecule has 240 valence electrons. The Balaban J connectivity index is 4.14. The Morgan fingerprint density at radius 1 is 0.500 bits per heavy atom. The first-order valence-electron chi connectivity index (χ1n) is 18.1. The van der Waals surface area contributed by atoms with Gasteiger partial charge in [-0.15, -0.1) is 0 Å². The summed E-state index contributed by atoms with van der Waals surface area (Å²) in [5, 5.41) is 19.8. The van der Waals surface area contributed by atoms with Crippen molar-refractivity contribution in [3.63, 3.8) is 0 Å². The van der Waals surface area contributed by atoms with E-state index in [0.29, 0.717) is 19.6 Å². The van der Waals surface area contributed by atoms with Crippen LogP contribution in [0, 0.1) is 5.92 Å². The van der Waals surface area contributed by atoms with Crippen LogP contribution >= 0.6 is 0 Å². The van der Waals surface area contributed by atoms with Gasteiger partial charge in [0.2, 0.25) is 0 Å². The van der Waals surface area contributed by atoms with E-state index in [-0.39, 0.29) is 11.9 Å². The molecule has 40 heavy (non-hydrogen) atoms. The van der Waals surface area contributed by atoms with E-state index in [2.05, 4.69) is 13.8 Å². The van der Waals surface area contributed by atoms with Crippen molar-refractivity contribution in [2.24, 2.45) is 5.92 Å². The molecule has 2 N–H and O–H groups in total. The first-order chi connectivity index (χ1) is 19.7. The normalized spacial score (nSPS) is 13.0. The second-order valence-corrected chi connectivity index (χ2v) is 12.5. The van der Waals surface area contributed by atoms with Gasteiger partial charge in [-0.2, -0.15) is 0 Å². The van der Waals surface area contributed by atoms with E-state index >= 15 is 0 Å². The average molecular weight is 569 g/mol. The molecular formula is C36H72O4. The molecule has 2 atom stereocenters. The molecule has 0 aromatic rings. The summed E-state index contributed by atoms with van der Waals surface area (Å²) in [5.41, 5.74) is 0. The topological polar surface area (TPSA) is 66.8 Å². The lowest BCUT2D eigenvalue weighted by atomic mass is 9.91. The molecule has 0 aromatic heterocycles. The van der Waals surface area contributed by atoms with Gasteiger partial charge in [0.15, 0.2) is 0 Å². The maximum absolute atomic E-state index is 12.9. The van der Waals surface area contributed by atoms with Crippen LogP contribution < -0.4 is 0 Å². The lowest BCUT2D eigenvalue weighted by molar-refractivity contribution is -0.153. The highest BCUT2D eigenvalue weighted by Gasteiger charge is 2.27. The molecule has 0 rings (SSSR count). The van der Waals surface area contributed by atoms with E-state index in [1.54, 1.807) is 0 Å². The van der Waals surface area contributed by atoms with Gasteiger partial charge in [0.25, 0.3) is 0 Å². The van der Waals surface area contributed by atoms with Crippen LogP contribution in [-0.2, 0) is 9.53 Å². The van der Waals surface area contributed by atoms with Crippen molar-refractivity contribution in [1.29, 1.82) is 0 Å². The van der Waals surface area contributed by atoms with Crippen molar-refractivity contribution in [2.75, 3.05) is 13.2 Å². The summed E-state index contributed by atoms with van der Waals surface area (Å²) < 4.78 is 5.66. The standard InChI is InChI=1S/C36H72O4/c1-3-5-7-9-11-12-13-14-15-16-17-19-22-26-30-34(36(39)40-33-29-25-10-8-6-4-2)35(38)31-27-23-20-18-21-24-28-32-37/h34-35,37-38H,3-33H2,1-2H3. The molecule has 0 saturated carbocycles. The second kappa shape index (κ2) is 32.9. The van der Waals surface area contributed by atoms with E-state index in [9.17, 15) is 9.90 Å². The lowest BCUT2D eigenvalue weighted by Crippen LogP contribution is -2.30. The minimum atomic E-state index is -0.576. The number of esters is 1. The van der Waals surface area contributed by atoms with Crippen molar-refractivity contribution in [2.45, 2.75) is 206 Å². The molecular weight excluding hydrogens is 496 g/mol. The maximum atomic E-state index is 12.9. The summed E-state index contributed by atoms with van der Waals surface area (Å²) in [6.07, 6.45) is 34.2. The molecule has 2 unspecified atom stereocenters. The van der Waals surface area contributed by atoms with Gasteiger partial charge in [-0.3, -0.25) is 4.79 Å². The third-order valence-electron chi connectivity index (χ3n) is 8.54. The van der Waals surface area contributed by atoms with E-state index in [0.717, 1.165) is 57.8 Å². The van der Waals surface area contributed by atoms with Crippen LogP contribution in [0.4, 0.5) is 0 Å². The summed E-state index contributed by atoms with van der Waals surface area (Å²) in [5.74, 6) is -0.526. The molecule has 0 aliphatic carbocycles. The zero-order valence-electron chi connectivity index (χ0n) is 27.3. The Bertz CT molecular complexity index is 495. The third kappa shape index (κ3) is 27.6. The quantitative estimate of drug-likeness (QED) is 0.0610. The molecule has 0 aromatic carbocycles. The zero-order valence-corrected chi connectivity index (χ0v) is 27.3. The number of aliphatic hydroxyl groups excluding tert-OH is 2. The van der Waals surface area contributed by atoms with Crippen LogP contribution in [0.1, 0.15) is 200 Å². The Kier molecular flexibility index (Phi) is 32.4. The van der Waals surface area contributed by atoms with Crippen molar-refractivity contribution < 1.29 is 19.7 Å². The Morgan fingerprint density at radius 3 is 1.27 bits per heavy atom. The fraction of sp³-hybridized carbons (Fsp3) is 0.972. The largest absolute Gasteiger partial charge is 0.465 e. The van der Waals surface area contributed by atoms with E-state index < -0.39 is 6.10 Å². The van der Waals surface area contributed by atoms with Crippen LogP contribution in [-0.4, -0.2) is 35.5 Å². The lowest BCUT2D eigenvalue weighted by Gasteiger charge is -2.22. The van der Waals surface area contributed by atoms with Gasteiger partial charge >= 0.3 is 5.97 Å². The maximum Gasteiger partial charge on any atom is 0.311 e. The minimum absolute atomic E-state index is 0.167. The van der Waals surface area contributed by atoms with Gasteiger partial charge in [0, 0.05) is 6.61 Å². The number of ether oxygens (including phenoxy) is 1. The molecule has 0 fully saturated rings. The molecule has 0 saturated heterocycles. The van der Waals surface area contributed by atoms with Crippen molar-refractivity contribution in [3.8, 4) is 0 Å². The highest BCUT2D eigenvalue weighted by atomic mass is 16.5. The third-order valence-corrected chi connectivity index (χ3v) is 8.54. The van der Waals surface area contributed by atoms with Crippen molar-refractivity contribution in [3.05, 3.63) is 0 Å². The van der Waals surface area contributed by atoms with Crippen molar-refractivity contribution >= 4 is 5.97 Å². The second-order valence-electron chi connectivity index (χ2n) is 12.5. The van der Waals surface area contributed by atoms with Crippen LogP contribution in [0.15, 0.2) is 0 Å². The number of rotatable bonds is 33. The van der Waals surface area contributed by atoms with Gasteiger partial charge in [0.1, 0.15) is 0 Å². The molecule has 0 aliphatic heterocycles. The molecule has 0 amide bonds. The first-order valence-corrected chi connectivity index (χ1v) is 18.1. The molecule has 4 nitrogen and oxygen atoms in total. The fourth-order valence-corrected chi connectivity index (χ4v) is 5.74. The average Bonchev–Trinajstić information content (AvgIpc) is 2.95. The van der Waals surface area contributed by atoms with Gasteiger partial charge in [0.05, 0.1) is 18.6 Å². The number of hydrogen-bond acceptors (Lipinski definition) is 4. The zero-order chi connectivity index (χ0) is 29.4. The van der Waals surface area contributed by atoms with Gasteiger partial charge in [-0.25, -0.2) is 0 Å². The first kappa shape index (κ1) is 39.4. The highest BCUT2D eigenvalue weighted by molar-refractivity contribution is 5.73. The monoisotopic (exact) mass is 569 g/mol. The molecule has 0 spiro atoms. The predicted octanol–water partition coefficient (Wildman–Crippen LogP) is 10.9. The molecule has 0 aliphatic rings. The number of carbonyl (C=O) groups excluding carboxylic acids is 1. The van der Waals surface area contributed by atoms with E-state index in [1.807, 2.05) is 0 Å². The van der Waals surface area contributed by atoms with Gasteiger partial charge < -0.3 is 14.9 Å². The Morgan fingerprint density at radius 2 is 0.850 bits per heavy atom. The van der Waals surface area contributed by atoms with Gasteiger partial charge in [-0.1, -0.05) is 174 Å². The van der Waals surface area contributed by atoms with E-state index in [4.69, 9.17) is 9.84 Å². The summed E-state index contributed by atoms with van der Waals surface area (Å²) in [6, 6.07) is 0. The number of unbranched alkanes of at least 4 members (excludes halogenated alkanes) is 24. The summed E-state index contributed by atoms with van der Waals surface area (Å²) in [7, 11) is 0. The predicted molar refractivity (Wildman–Crippen MR) is 173 cm³/mol. The Hall–Kier alpha value is -0.610. The highest BCUT2D eigenvalue weighted by Crippen LogP contribution is 2.22. The van der Waals surface area contributed by atoms with Crippen molar-refractivity contribution in [1.82, 2.24) is 0 Å².